The molecule has 0 saturated carbocycles. The smallest absolute Gasteiger partial charge is 0.269 e. The number of carbonyl (C=O) groups is 2. The van der Waals surface area contributed by atoms with Crippen LogP contribution in [0.25, 0.3) is 0 Å². The van der Waals surface area contributed by atoms with Gasteiger partial charge in [-0.25, -0.2) is 0 Å². The monoisotopic (exact) mass is 711 g/mol. The van der Waals surface area contributed by atoms with Crippen LogP contribution in [0, 0.1) is 28.4 Å². The number of ether oxygens (including phenoxy) is 1. The number of nitro groups is 1. The zero-order valence-corrected chi connectivity index (χ0v) is 28.5. The van der Waals surface area contributed by atoms with Gasteiger partial charge in [0.05, 0.1) is 40.6 Å². The lowest BCUT2D eigenvalue weighted by Crippen LogP contribution is -2.64. The minimum Gasteiger partial charge on any atom is -0.390 e. The molecule has 12 nitrogen and oxygen atoms in total. The van der Waals surface area contributed by atoms with E-state index in [-0.39, 0.29) is 23.2 Å². The van der Waals surface area contributed by atoms with E-state index < -0.39 is 68.9 Å². The van der Waals surface area contributed by atoms with Gasteiger partial charge in [0.25, 0.3) is 11.6 Å². The van der Waals surface area contributed by atoms with E-state index in [1.165, 1.54) is 42.4 Å². The Morgan fingerprint density at radius 3 is 2.38 bits per heavy atom. The molecule has 253 valence electrons. The minimum atomic E-state index is -1.52. The second-order valence-corrected chi connectivity index (χ2v) is 14.4. The average molecular weight is 713 g/mol. The molecule has 45 heavy (non-hydrogen) atoms. The van der Waals surface area contributed by atoms with Gasteiger partial charge in [-0.2, -0.15) is 0 Å². The number of hydrogen-bond donors (Lipinski definition) is 5. The summed E-state index contributed by atoms with van der Waals surface area (Å²) in [5, 5.41) is 49.8. The van der Waals surface area contributed by atoms with Crippen LogP contribution in [-0.2, 0) is 14.3 Å². The number of hydrogen-bond acceptors (Lipinski definition) is 10. The Morgan fingerprint density at radius 1 is 1.20 bits per heavy atom. The fourth-order valence-corrected chi connectivity index (χ4v) is 7.21. The molecule has 2 aliphatic heterocycles. The molecule has 1 aromatic carbocycles. The zero-order valence-electron chi connectivity index (χ0n) is 25.5. The second kappa shape index (κ2) is 17.1. The van der Waals surface area contributed by atoms with E-state index in [0.29, 0.717) is 12.3 Å². The lowest BCUT2D eigenvalue weighted by atomic mass is 9.82. The van der Waals surface area contributed by atoms with Gasteiger partial charge in [-0.15, -0.1) is 23.4 Å². The maximum atomic E-state index is 13.4. The van der Waals surface area contributed by atoms with Crippen molar-refractivity contribution in [3.63, 3.8) is 0 Å². The molecule has 16 heteroatoms. The van der Waals surface area contributed by atoms with E-state index in [1.54, 1.807) is 13.2 Å². The van der Waals surface area contributed by atoms with Crippen LogP contribution in [-0.4, -0.2) is 109 Å². The Kier molecular flexibility index (Phi) is 14.5. The molecule has 1 radical (unpaired) electrons. The van der Waals surface area contributed by atoms with Crippen molar-refractivity contribution in [2.24, 2.45) is 11.8 Å². The molecule has 2 aliphatic rings. The maximum Gasteiger partial charge on any atom is 0.269 e. The van der Waals surface area contributed by atoms with E-state index in [9.17, 15) is 35.0 Å². The molecule has 0 aliphatic carbocycles. The van der Waals surface area contributed by atoms with Gasteiger partial charge in [0.2, 0.25) is 5.91 Å². The number of aliphatic hydroxyl groups excluding tert-OH is 3. The number of nitro benzene ring substituents is 1. The summed E-state index contributed by atoms with van der Waals surface area (Å²) in [5.41, 5.74) is -0.775. The Hall–Kier alpha value is -1.42. The number of amides is 2. The van der Waals surface area contributed by atoms with Gasteiger partial charge in [0.15, 0.2) is 4.84 Å². The predicted molar refractivity (Wildman–Crippen MR) is 174 cm³/mol. The molecule has 3 rings (SSSR count). The number of alkyl halides is 3. The van der Waals surface area contributed by atoms with E-state index in [4.69, 9.17) is 39.5 Å². The number of likely N-dealkylation sites (N-methyl/N-ethyl adjacent to an activating group) is 1. The van der Waals surface area contributed by atoms with E-state index >= 15 is 0 Å². The van der Waals surface area contributed by atoms with Gasteiger partial charge in [-0.05, 0) is 63.1 Å². The zero-order chi connectivity index (χ0) is 33.6. The van der Waals surface area contributed by atoms with E-state index in [2.05, 4.69) is 17.6 Å². The number of benzene rings is 1. The van der Waals surface area contributed by atoms with Gasteiger partial charge < -0.3 is 30.7 Å². The number of carbonyl (C=O) groups excluding carboxylic acids is 2. The minimum absolute atomic E-state index is 0.194. The van der Waals surface area contributed by atoms with Crippen molar-refractivity contribution in [1.29, 1.82) is 0 Å². The molecular formula is C29H42Cl3N4O8S. The van der Waals surface area contributed by atoms with Crippen molar-refractivity contribution in [3.8, 4) is 0 Å². The van der Waals surface area contributed by atoms with Crippen LogP contribution >= 0.6 is 46.6 Å². The molecule has 1 aromatic rings. The van der Waals surface area contributed by atoms with Crippen molar-refractivity contribution < 1.29 is 34.6 Å². The summed E-state index contributed by atoms with van der Waals surface area (Å²) in [6.07, 6.45) is 0.379. The van der Waals surface area contributed by atoms with Crippen LogP contribution in [0.4, 0.5) is 5.69 Å². The number of likely N-dealkylation sites (tertiary alicyclic amines) is 1. The highest BCUT2D eigenvalue weighted by atomic mass is 35.5. The first kappa shape index (κ1) is 38.0. The molecule has 0 aromatic heterocycles. The Morgan fingerprint density at radius 2 is 1.84 bits per heavy atom. The largest absolute Gasteiger partial charge is 0.390 e. The first-order valence-electron chi connectivity index (χ1n) is 14.7. The third-order valence-electron chi connectivity index (χ3n) is 8.43. The predicted octanol–water partition coefficient (Wildman–Crippen LogP) is 2.78. The fraction of sp³-hybridized carbons (Fsp3) is 0.690. The summed E-state index contributed by atoms with van der Waals surface area (Å²) in [7, 11) is 1.90. The van der Waals surface area contributed by atoms with Crippen LogP contribution in [0.5, 0.6) is 0 Å². The molecule has 2 heterocycles. The standard InChI is InChI=1S/C29H42Cl3N4O8S/c1-5-6-15-11-20(35(3)13-15)27(40)34-21(14(2)30)25-24(39)23(38)18(29(44-25)45-4)12-19(33-28(41)26(31)32)22(37)16-7-9-17(10-8-16)36(42)43/h7-10,12,14-15,18-26,29,37-39H,5-6,11,13H2,1-4H3,(H,33,41)(H,34,40)/t14?,15?,18-,19?,20?,21?,22+,23?,24?,25?,29-/m1/s1. The van der Waals surface area contributed by atoms with Crippen molar-refractivity contribution in [2.75, 3.05) is 19.8 Å². The average Bonchev–Trinajstić information content (AvgIpc) is 3.37. The lowest BCUT2D eigenvalue weighted by molar-refractivity contribution is -0.384. The van der Waals surface area contributed by atoms with Gasteiger partial charge in [0.1, 0.15) is 17.6 Å². The number of aliphatic hydroxyl groups is 3. The molecule has 2 saturated heterocycles. The number of nitrogens with zero attached hydrogens (tertiary/aromatic N) is 2. The van der Waals surface area contributed by atoms with Gasteiger partial charge in [0, 0.05) is 24.6 Å². The molecular weight excluding hydrogens is 671 g/mol. The maximum absolute atomic E-state index is 13.4. The summed E-state index contributed by atoms with van der Waals surface area (Å²) in [4.78, 5) is 36.9. The van der Waals surface area contributed by atoms with Crippen molar-refractivity contribution in [2.45, 2.75) is 91.3 Å². The molecule has 8 unspecified atom stereocenters. The number of nitrogens with one attached hydrogen (secondary N) is 2. The van der Waals surface area contributed by atoms with Crippen LogP contribution in [0.2, 0.25) is 0 Å². The molecule has 2 amide bonds. The highest BCUT2D eigenvalue weighted by Crippen LogP contribution is 2.38. The lowest BCUT2D eigenvalue weighted by Gasteiger charge is -2.46. The summed E-state index contributed by atoms with van der Waals surface area (Å²) in [5.74, 6) is -1.62. The summed E-state index contributed by atoms with van der Waals surface area (Å²) < 4.78 is 6.27. The number of rotatable bonds is 14. The Balaban J connectivity index is 1.81. The Bertz CT molecular complexity index is 1150. The normalized spacial score (nSPS) is 30.0. The van der Waals surface area contributed by atoms with Crippen LogP contribution in [0.1, 0.15) is 44.8 Å². The molecule has 2 fully saturated rings. The summed E-state index contributed by atoms with van der Waals surface area (Å²) in [6.45, 7) is 4.58. The second-order valence-electron chi connectivity index (χ2n) is 11.6. The first-order chi connectivity index (χ1) is 21.2. The van der Waals surface area contributed by atoms with Crippen molar-refractivity contribution >= 4 is 64.1 Å². The molecule has 11 atom stereocenters. The van der Waals surface area contributed by atoms with Crippen LogP contribution in [0.3, 0.4) is 0 Å². The molecule has 5 N–H and O–H groups in total. The fourth-order valence-electron chi connectivity index (χ4n) is 6.07. The van der Waals surface area contributed by atoms with E-state index in [1.807, 2.05) is 11.9 Å². The highest BCUT2D eigenvalue weighted by Gasteiger charge is 2.50. The quantitative estimate of drug-likeness (QED) is 0.110. The van der Waals surface area contributed by atoms with E-state index in [0.717, 1.165) is 19.4 Å². The van der Waals surface area contributed by atoms with Gasteiger partial charge >= 0.3 is 0 Å². The number of thioether (sulfide) groups is 1. The first-order valence-corrected chi connectivity index (χ1v) is 17.3. The topological polar surface area (TPSA) is 174 Å². The van der Waals surface area contributed by atoms with Crippen LogP contribution < -0.4 is 10.6 Å². The number of halogens is 3. The summed E-state index contributed by atoms with van der Waals surface area (Å²) >= 11 is 19.2. The van der Waals surface area contributed by atoms with Crippen molar-refractivity contribution in [3.05, 3.63) is 46.4 Å². The third kappa shape index (κ3) is 9.57. The highest BCUT2D eigenvalue weighted by molar-refractivity contribution is 7.99. The Labute approximate surface area is 282 Å². The number of non-ortho nitro benzene ring substituents is 1. The van der Waals surface area contributed by atoms with Crippen molar-refractivity contribution in [1.82, 2.24) is 15.5 Å². The van der Waals surface area contributed by atoms with Gasteiger partial charge in [-0.1, -0.05) is 36.5 Å². The van der Waals surface area contributed by atoms with Crippen LogP contribution in [0.15, 0.2) is 24.3 Å². The molecule has 0 spiro atoms. The van der Waals surface area contributed by atoms with Gasteiger partial charge in [-0.3, -0.25) is 24.6 Å². The third-order valence-corrected chi connectivity index (χ3v) is 9.99. The summed E-state index contributed by atoms with van der Waals surface area (Å²) in [6, 6.07) is 2.65. The SMILES string of the molecule is CCCC1CC(C(=O)NC(C(C)Cl)C2O[C@H](SC)[C@H]([CH]C(NC(=O)C(Cl)Cl)[C@@H](O)c3ccc([N+](=O)[O-])cc3)C(O)C2O)N(C)C1. The molecule has 0 bridgehead atoms.